The van der Waals surface area contributed by atoms with Gasteiger partial charge in [0.05, 0.1) is 0 Å². The van der Waals surface area contributed by atoms with Gasteiger partial charge in [0.25, 0.3) is 0 Å². The van der Waals surface area contributed by atoms with Crippen molar-refractivity contribution in [2.45, 2.75) is 5.92 Å². The minimum Gasteiger partial charge on any atom is -0.305 e. The molecular formula is C10H12IN. The van der Waals surface area contributed by atoms with Crippen LogP contribution in [0.15, 0.2) is 24.3 Å². The third kappa shape index (κ3) is 1.64. The Bertz CT molecular complexity index is 262. The number of hydrogen-bond acceptors (Lipinski definition) is 1. The molecule has 1 aromatic rings. The van der Waals surface area contributed by atoms with Crippen molar-refractivity contribution in [2.24, 2.45) is 0 Å². The minimum atomic E-state index is 0.784. The normalized spacial score (nSPS) is 19.2. The topological polar surface area (TPSA) is 3.24 Å². The second kappa shape index (κ2) is 3.34. The van der Waals surface area contributed by atoms with Crippen LogP contribution in [-0.2, 0) is 0 Å². The summed E-state index contributed by atoms with van der Waals surface area (Å²) in [7, 11) is 2.17. The summed E-state index contributed by atoms with van der Waals surface area (Å²) in [5.41, 5.74) is 1.49. The van der Waals surface area contributed by atoms with Gasteiger partial charge in [0.2, 0.25) is 0 Å². The molecular weight excluding hydrogens is 261 g/mol. The van der Waals surface area contributed by atoms with E-state index in [9.17, 15) is 0 Å². The third-order valence-electron chi connectivity index (χ3n) is 2.41. The van der Waals surface area contributed by atoms with Gasteiger partial charge in [0.1, 0.15) is 0 Å². The number of likely N-dealkylation sites (tertiary alicyclic amines) is 1. The number of nitrogens with zero attached hydrogens (tertiary/aromatic N) is 1. The summed E-state index contributed by atoms with van der Waals surface area (Å²) in [6.45, 7) is 2.45. The molecule has 1 fully saturated rings. The first kappa shape index (κ1) is 8.51. The van der Waals surface area contributed by atoms with Crippen molar-refractivity contribution >= 4 is 22.6 Å². The highest BCUT2D eigenvalue weighted by Crippen LogP contribution is 2.25. The van der Waals surface area contributed by atoms with Gasteiger partial charge in [-0.05, 0) is 47.3 Å². The average Bonchev–Trinajstić information content (AvgIpc) is 2.01. The molecule has 1 aliphatic heterocycles. The standard InChI is InChI=1S/C10H12IN/c1-12-6-9(7-12)8-2-4-10(11)5-3-8/h2-5,9H,6-7H2,1H3. The molecule has 64 valence electrons. The zero-order chi connectivity index (χ0) is 8.55. The maximum atomic E-state index is 2.35. The number of benzene rings is 1. The van der Waals surface area contributed by atoms with E-state index in [0.717, 1.165) is 5.92 Å². The molecule has 0 atom stereocenters. The molecule has 2 rings (SSSR count). The van der Waals surface area contributed by atoms with Gasteiger partial charge in [-0.2, -0.15) is 0 Å². The predicted molar refractivity (Wildman–Crippen MR) is 59.4 cm³/mol. The fraction of sp³-hybridized carbons (Fsp3) is 0.400. The van der Waals surface area contributed by atoms with E-state index in [2.05, 4.69) is 58.8 Å². The van der Waals surface area contributed by atoms with E-state index >= 15 is 0 Å². The Balaban J connectivity index is 2.09. The van der Waals surface area contributed by atoms with E-state index in [4.69, 9.17) is 0 Å². The summed E-state index contributed by atoms with van der Waals surface area (Å²) in [5.74, 6) is 0.784. The van der Waals surface area contributed by atoms with E-state index in [1.807, 2.05) is 0 Å². The summed E-state index contributed by atoms with van der Waals surface area (Å²) < 4.78 is 1.32. The van der Waals surface area contributed by atoms with Crippen LogP contribution in [0.25, 0.3) is 0 Å². The second-order valence-electron chi connectivity index (χ2n) is 3.47. The molecule has 0 N–H and O–H groups in total. The van der Waals surface area contributed by atoms with Crippen LogP contribution in [0.1, 0.15) is 11.5 Å². The highest BCUT2D eigenvalue weighted by atomic mass is 127. The van der Waals surface area contributed by atoms with Crippen LogP contribution in [0.5, 0.6) is 0 Å². The Kier molecular flexibility index (Phi) is 2.37. The van der Waals surface area contributed by atoms with Crippen molar-refractivity contribution in [1.82, 2.24) is 4.90 Å². The largest absolute Gasteiger partial charge is 0.305 e. The van der Waals surface area contributed by atoms with Crippen LogP contribution in [0, 0.1) is 3.57 Å². The number of rotatable bonds is 1. The van der Waals surface area contributed by atoms with Gasteiger partial charge in [0, 0.05) is 22.6 Å². The predicted octanol–water partition coefficient (Wildman–Crippen LogP) is 2.32. The molecule has 0 unspecified atom stereocenters. The van der Waals surface area contributed by atoms with Gasteiger partial charge in [-0.15, -0.1) is 0 Å². The lowest BCUT2D eigenvalue weighted by atomic mass is 9.92. The summed E-state index contributed by atoms with van der Waals surface area (Å²) in [6, 6.07) is 8.88. The van der Waals surface area contributed by atoms with Crippen LogP contribution >= 0.6 is 22.6 Å². The Morgan fingerprint density at radius 2 is 1.83 bits per heavy atom. The molecule has 2 heteroatoms. The molecule has 1 heterocycles. The van der Waals surface area contributed by atoms with Crippen molar-refractivity contribution in [2.75, 3.05) is 20.1 Å². The second-order valence-corrected chi connectivity index (χ2v) is 4.72. The van der Waals surface area contributed by atoms with Gasteiger partial charge in [-0.1, -0.05) is 12.1 Å². The van der Waals surface area contributed by atoms with Crippen molar-refractivity contribution in [3.05, 3.63) is 33.4 Å². The Labute approximate surface area is 86.9 Å². The summed E-state index contributed by atoms with van der Waals surface area (Å²) in [5, 5.41) is 0. The van der Waals surface area contributed by atoms with Crippen LogP contribution in [0.4, 0.5) is 0 Å². The lowest BCUT2D eigenvalue weighted by Gasteiger charge is -2.36. The molecule has 0 amide bonds. The van der Waals surface area contributed by atoms with Crippen molar-refractivity contribution in [3.63, 3.8) is 0 Å². The first-order chi connectivity index (χ1) is 5.75. The molecule has 0 spiro atoms. The van der Waals surface area contributed by atoms with Crippen LogP contribution in [0.2, 0.25) is 0 Å². The SMILES string of the molecule is CN1CC(c2ccc(I)cc2)C1. The molecule has 0 aromatic heterocycles. The monoisotopic (exact) mass is 273 g/mol. The van der Waals surface area contributed by atoms with E-state index in [-0.39, 0.29) is 0 Å². The van der Waals surface area contributed by atoms with E-state index in [1.54, 1.807) is 0 Å². The quantitative estimate of drug-likeness (QED) is 0.710. The zero-order valence-electron chi connectivity index (χ0n) is 7.13. The molecule has 0 radical (unpaired) electrons. The molecule has 0 bridgehead atoms. The molecule has 12 heavy (non-hydrogen) atoms. The van der Waals surface area contributed by atoms with Crippen molar-refractivity contribution < 1.29 is 0 Å². The van der Waals surface area contributed by atoms with Gasteiger partial charge in [-0.25, -0.2) is 0 Å². The molecule has 1 aromatic carbocycles. The average molecular weight is 273 g/mol. The zero-order valence-corrected chi connectivity index (χ0v) is 9.28. The van der Waals surface area contributed by atoms with E-state index in [1.165, 1.54) is 22.2 Å². The fourth-order valence-corrected chi connectivity index (χ4v) is 2.00. The number of hydrogen-bond donors (Lipinski definition) is 0. The molecule has 0 aliphatic carbocycles. The smallest absolute Gasteiger partial charge is 0.0130 e. The van der Waals surface area contributed by atoms with Gasteiger partial charge in [0.15, 0.2) is 0 Å². The molecule has 0 saturated carbocycles. The summed E-state index contributed by atoms with van der Waals surface area (Å²) in [4.78, 5) is 2.35. The van der Waals surface area contributed by atoms with E-state index < -0.39 is 0 Å². The third-order valence-corrected chi connectivity index (χ3v) is 3.12. The van der Waals surface area contributed by atoms with Gasteiger partial charge >= 0.3 is 0 Å². The number of likely N-dealkylation sites (N-methyl/N-ethyl adjacent to an activating group) is 1. The van der Waals surface area contributed by atoms with E-state index in [0.29, 0.717) is 0 Å². The van der Waals surface area contributed by atoms with Crippen LogP contribution in [-0.4, -0.2) is 25.0 Å². The Hall–Kier alpha value is -0.0900. The lowest BCUT2D eigenvalue weighted by Crippen LogP contribution is -2.41. The molecule has 1 aliphatic rings. The van der Waals surface area contributed by atoms with Gasteiger partial charge < -0.3 is 4.90 Å². The van der Waals surface area contributed by atoms with Crippen LogP contribution in [0.3, 0.4) is 0 Å². The number of halogens is 1. The Morgan fingerprint density at radius 1 is 1.25 bits per heavy atom. The maximum absolute atomic E-state index is 2.35. The Morgan fingerprint density at radius 3 is 2.33 bits per heavy atom. The highest BCUT2D eigenvalue weighted by Gasteiger charge is 2.24. The van der Waals surface area contributed by atoms with Crippen LogP contribution < -0.4 is 0 Å². The van der Waals surface area contributed by atoms with Crippen molar-refractivity contribution in [1.29, 1.82) is 0 Å². The first-order valence-electron chi connectivity index (χ1n) is 4.20. The van der Waals surface area contributed by atoms with Gasteiger partial charge in [-0.3, -0.25) is 0 Å². The van der Waals surface area contributed by atoms with Crippen molar-refractivity contribution in [3.8, 4) is 0 Å². The lowest BCUT2D eigenvalue weighted by molar-refractivity contribution is 0.190. The maximum Gasteiger partial charge on any atom is 0.0130 e. The first-order valence-corrected chi connectivity index (χ1v) is 5.27. The minimum absolute atomic E-state index is 0.784. The summed E-state index contributed by atoms with van der Waals surface area (Å²) in [6.07, 6.45) is 0. The fourth-order valence-electron chi connectivity index (χ4n) is 1.64. The molecule has 1 nitrogen and oxygen atoms in total. The molecule has 1 saturated heterocycles. The highest BCUT2D eigenvalue weighted by molar-refractivity contribution is 14.1. The summed E-state index contributed by atoms with van der Waals surface area (Å²) >= 11 is 2.34.